The minimum atomic E-state index is -1.09. The van der Waals surface area contributed by atoms with E-state index in [9.17, 15) is 9.59 Å². The summed E-state index contributed by atoms with van der Waals surface area (Å²) in [6.45, 7) is 4.04. The third kappa shape index (κ3) is 6.42. The van der Waals surface area contributed by atoms with Gasteiger partial charge >= 0.3 is 11.9 Å². The van der Waals surface area contributed by atoms with E-state index in [1.165, 1.54) is 0 Å². The monoisotopic (exact) mass is 256 g/mol. The van der Waals surface area contributed by atoms with Gasteiger partial charge in [0.05, 0.1) is 0 Å². The second-order valence-electron chi connectivity index (χ2n) is 4.48. The summed E-state index contributed by atoms with van der Waals surface area (Å²) in [6.07, 6.45) is 6.12. The Hall–Kier alpha value is -1.32. The largest absolute Gasteiger partial charge is 0.478 e. The summed E-state index contributed by atoms with van der Waals surface area (Å²) >= 11 is 0. The van der Waals surface area contributed by atoms with Gasteiger partial charge in [0.1, 0.15) is 0 Å². The Kier molecular flexibility index (Phi) is 8.97. The first-order valence-electron chi connectivity index (χ1n) is 6.73. The molecule has 0 aliphatic carbocycles. The van der Waals surface area contributed by atoms with Gasteiger partial charge in [-0.2, -0.15) is 0 Å². The molecule has 0 heterocycles. The van der Waals surface area contributed by atoms with Crippen molar-refractivity contribution in [2.45, 2.75) is 65.2 Å². The van der Waals surface area contributed by atoms with Crippen LogP contribution in [0.3, 0.4) is 0 Å². The molecule has 0 radical (unpaired) electrons. The molecule has 0 aliphatic heterocycles. The minimum absolute atomic E-state index is 0.0841. The molecule has 0 aliphatic rings. The first-order valence-corrected chi connectivity index (χ1v) is 6.73. The SMILES string of the molecule is CCCCCCC(C(=O)O)=C(CCCC)C(=O)O. The Morgan fingerprint density at radius 2 is 1.17 bits per heavy atom. The van der Waals surface area contributed by atoms with Gasteiger partial charge in [0.15, 0.2) is 0 Å². The molecule has 0 atom stereocenters. The van der Waals surface area contributed by atoms with Crippen LogP contribution >= 0.6 is 0 Å². The van der Waals surface area contributed by atoms with Crippen molar-refractivity contribution in [3.63, 3.8) is 0 Å². The summed E-state index contributed by atoms with van der Waals surface area (Å²) in [5.74, 6) is -2.17. The smallest absolute Gasteiger partial charge is 0.332 e. The second kappa shape index (κ2) is 9.68. The molecule has 0 amide bonds. The first-order chi connectivity index (χ1) is 8.54. The van der Waals surface area contributed by atoms with Crippen LogP contribution in [0.4, 0.5) is 0 Å². The zero-order chi connectivity index (χ0) is 14.0. The summed E-state index contributed by atoms with van der Waals surface area (Å²) in [7, 11) is 0. The van der Waals surface area contributed by atoms with E-state index < -0.39 is 11.9 Å². The van der Waals surface area contributed by atoms with Gasteiger partial charge in [0.2, 0.25) is 0 Å². The van der Waals surface area contributed by atoms with Gasteiger partial charge in [-0.25, -0.2) is 9.59 Å². The molecular formula is C14H24O4. The quantitative estimate of drug-likeness (QED) is 0.462. The minimum Gasteiger partial charge on any atom is -0.478 e. The summed E-state index contributed by atoms with van der Waals surface area (Å²) in [4.78, 5) is 22.3. The van der Waals surface area contributed by atoms with Crippen LogP contribution in [0.25, 0.3) is 0 Å². The number of unbranched alkanes of at least 4 members (excludes halogenated alkanes) is 4. The molecule has 0 saturated heterocycles. The van der Waals surface area contributed by atoms with Gasteiger partial charge in [-0.15, -0.1) is 0 Å². The van der Waals surface area contributed by atoms with E-state index in [0.717, 1.165) is 32.1 Å². The zero-order valence-corrected chi connectivity index (χ0v) is 11.4. The summed E-state index contributed by atoms with van der Waals surface area (Å²) in [5.41, 5.74) is 0.174. The molecule has 0 rings (SSSR count). The maximum atomic E-state index is 11.2. The van der Waals surface area contributed by atoms with Gasteiger partial charge in [0.25, 0.3) is 0 Å². The number of carboxylic acid groups (broad SMARTS) is 2. The summed E-state index contributed by atoms with van der Waals surface area (Å²) in [5, 5.41) is 18.2. The molecule has 0 bridgehead atoms. The van der Waals surface area contributed by atoms with Crippen molar-refractivity contribution in [1.29, 1.82) is 0 Å². The molecular weight excluding hydrogens is 232 g/mol. The molecule has 0 spiro atoms. The first kappa shape index (κ1) is 16.7. The lowest BCUT2D eigenvalue weighted by molar-refractivity contribution is -0.136. The summed E-state index contributed by atoms with van der Waals surface area (Å²) < 4.78 is 0. The van der Waals surface area contributed by atoms with Crippen LogP contribution < -0.4 is 0 Å². The van der Waals surface area contributed by atoms with Gasteiger partial charge < -0.3 is 10.2 Å². The van der Waals surface area contributed by atoms with Crippen molar-refractivity contribution >= 4 is 11.9 Å². The lowest BCUT2D eigenvalue weighted by Crippen LogP contribution is -2.12. The predicted octanol–water partition coefficient (Wildman–Crippen LogP) is 3.61. The predicted molar refractivity (Wildman–Crippen MR) is 70.6 cm³/mol. The van der Waals surface area contributed by atoms with Crippen molar-refractivity contribution in [1.82, 2.24) is 0 Å². The maximum absolute atomic E-state index is 11.2. The lowest BCUT2D eigenvalue weighted by atomic mass is 9.97. The number of rotatable bonds is 10. The molecule has 18 heavy (non-hydrogen) atoms. The van der Waals surface area contributed by atoms with Gasteiger partial charge in [-0.1, -0.05) is 39.5 Å². The fourth-order valence-electron chi connectivity index (χ4n) is 1.86. The van der Waals surface area contributed by atoms with E-state index in [4.69, 9.17) is 10.2 Å². The standard InChI is InChI=1S/C14H24O4/c1-3-5-7-8-10-12(14(17)18)11(13(15)16)9-6-4-2/h3-10H2,1-2H3,(H,15,16)(H,17,18). The third-order valence-corrected chi connectivity index (χ3v) is 2.94. The molecule has 2 N–H and O–H groups in total. The Morgan fingerprint density at radius 1 is 0.722 bits per heavy atom. The Balaban J connectivity index is 4.74. The van der Waals surface area contributed by atoms with E-state index >= 15 is 0 Å². The molecule has 104 valence electrons. The second-order valence-corrected chi connectivity index (χ2v) is 4.48. The van der Waals surface area contributed by atoms with Crippen molar-refractivity contribution in [2.75, 3.05) is 0 Å². The lowest BCUT2D eigenvalue weighted by Gasteiger charge is -2.08. The number of carboxylic acids is 2. The van der Waals surface area contributed by atoms with E-state index in [1.807, 2.05) is 6.92 Å². The van der Waals surface area contributed by atoms with E-state index in [0.29, 0.717) is 19.3 Å². The zero-order valence-electron chi connectivity index (χ0n) is 11.4. The fraction of sp³-hybridized carbons (Fsp3) is 0.714. The normalized spacial score (nSPS) is 12.1. The molecule has 4 nitrogen and oxygen atoms in total. The van der Waals surface area contributed by atoms with Gasteiger partial charge in [-0.3, -0.25) is 0 Å². The highest BCUT2D eigenvalue weighted by Crippen LogP contribution is 2.19. The van der Waals surface area contributed by atoms with Crippen LogP contribution in [-0.4, -0.2) is 22.2 Å². The van der Waals surface area contributed by atoms with Gasteiger partial charge in [0, 0.05) is 11.1 Å². The van der Waals surface area contributed by atoms with Crippen molar-refractivity contribution in [2.24, 2.45) is 0 Å². The van der Waals surface area contributed by atoms with E-state index in [2.05, 4.69) is 6.92 Å². The third-order valence-electron chi connectivity index (χ3n) is 2.94. The average molecular weight is 256 g/mol. The molecule has 0 fully saturated rings. The summed E-state index contributed by atoms with van der Waals surface area (Å²) in [6, 6.07) is 0. The highest BCUT2D eigenvalue weighted by Gasteiger charge is 2.19. The van der Waals surface area contributed by atoms with E-state index in [1.54, 1.807) is 0 Å². The number of hydrogen-bond donors (Lipinski definition) is 2. The molecule has 0 unspecified atom stereocenters. The molecule has 0 aromatic heterocycles. The highest BCUT2D eigenvalue weighted by molar-refractivity contribution is 5.98. The van der Waals surface area contributed by atoms with E-state index in [-0.39, 0.29) is 11.1 Å². The van der Waals surface area contributed by atoms with Crippen LogP contribution in [0.15, 0.2) is 11.1 Å². The Morgan fingerprint density at radius 3 is 1.56 bits per heavy atom. The Bertz CT molecular complexity index is 305. The Labute approximate surface area is 109 Å². The molecule has 0 aromatic rings. The van der Waals surface area contributed by atoms with Gasteiger partial charge in [-0.05, 0) is 25.7 Å². The highest BCUT2D eigenvalue weighted by atomic mass is 16.4. The van der Waals surface area contributed by atoms with Crippen molar-refractivity contribution in [3.8, 4) is 0 Å². The van der Waals surface area contributed by atoms with Crippen molar-refractivity contribution in [3.05, 3.63) is 11.1 Å². The van der Waals surface area contributed by atoms with Crippen LogP contribution in [-0.2, 0) is 9.59 Å². The van der Waals surface area contributed by atoms with Crippen LogP contribution in [0, 0.1) is 0 Å². The van der Waals surface area contributed by atoms with Crippen LogP contribution in [0.2, 0.25) is 0 Å². The molecule has 0 saturated carbocycles. The van der Waals surface area contributed by atoms with Crippen LogP contribution in [0.1, 0.15) is 65.2 Å². The average Bonchev–Trinajstić information content (AvgIpc) is 2.31. The van der Waals surface area contributed by atoms with Crippen molar-refractivity contribution < 1.29 is 19.8 Å². The fourth-order valence-corrected chi connectivity index (χ4v) is 1.86. The topological polar surface area (TPSA) is 74.6 Å². The molecule has 4 heteroatoms. The number of aliphatic carboxylic acids is 2. The maximum Gasteiger partial charge on any atom is 0.332 e. The molecule has 0 aromatic carbocycles. The van der Waals surface area contributed by atoms with Crippen LogP contribution in [0.5, 0.6) is 0 Å². The number of hydrogen-bond acceptors (Lipinski definition) is 2. The number of carbonyl (C=O) groups is 2.